The number of sulfonamides is 1. The second-order valence-corrected chi connectivity index (χ2v) is 37.0. The molecule has 0 bridgehead atoms. The molecule has 0 radical (unpaired) electrons. The summed E-state index contributed by atoms with van der Waals surface area (Å²) < 4.78 is 101. The van der Waals surface area contributed by atoms with Crippen molar-refractivity contribution in [2.45, 2.75) is 163 Å². The van der Waals surface area contributed by atoms with Crippen molar-refractivity contribution in [1.82, 2.24) is 39.9 Å². The molecule has 0 spiro atoms. The van der Waals surface area contributed by atoms with Crippen LogP contribution in [0.5, 0.6) is 0 Å². The molecule has 5 amide bonds. The number of aromatic nitrogens is 1. The minimum Gasteiger partial charge on any atom is -0.391 e. The van der Waals surface area contributed by atoms with Gasteiger partial charge in [0.2, 0.25) is 23.6 Å². The first-order chi connectivity index (χ1) is 50.7. The lowest BCUT2D eigenvalue weighted by atomic mass is 9.73. The number of likely N-dealkylation sites (tertiary alicyclic amines) is 3. The zero-order chi connectivity index (χ0) is 76.8. The number of sulfone groups is 1. The number of fused-ring (bicyclic) bond motifs is 1. The first kappa shape index (κ1) is 80.6. The predicted molar refractivity (Wildman–Crippen MR) is 414 cm³/mol. The molecule has 5 aliphatic rings. The number of carbonyl (C=O) groups is 5. The van der Waals surface area contributed by atoms with Gasteiger partial charge in [0.1, 0.15) is 17.0 Å². The molecule has 4 saturated heterocycles. The number of hydrogen-bond acceptors (Lipinski definition) is 17. The minimum atomic E-state index is -6.17. The van der Waals surface area contributed by atoms with Crippen LogP contribution in [-0.2, 0) is 39.0 Å². The molecule has 7 atom stereocenters. The smallest absolute Gasteiger partial charge is 0.391 e. The van der Waals surface area contributed by atoms with Gasteiger partial charge in [-0.25, -0.2) is 26.5 Å². The molecule has 3 unspecified atom stereocenters. The van der Waals surface area contributed by atoms with Crippen LogP contribution in [0.2, 0.25) is 5.02 Å². The van der Waals surface area contributed by atoms with Crippen LogP contribution in [0.1, 0.15) is 139 Å². The maximum atomic E-state index is 14.6. The van der Waals surface area contributed by atoms with E-state index in [1.807, 2.05) is 111 Å². The lowest BCUT2D eigenvalue weighted by Crippen LogP contribution is -2.57. The maximum absolute atomic E-state index is 14.6. The van der Waals surface area contributed by atoms with Crippen LogP contribution < -0.4 is 25.6 Å². The fourth-order valence-electron chi connectivity index (χ4n) is 15.3. The molecule has 576 valence electrons. The van der Waals surface area contributed by atoms with Crippen LogP contribution in [0.15, 0.2) is 147 Å². The van der Waals surface area contributed by atoms with Gasteiger partial charge in [-0.2, -0.15) is 13.2 Å². The zero-order valence-electron chi connectivity index (χ0n) is 61.7. The number of thiazole rings is 1. The number of piperazine rings is 1. The molecular weight excluding hydrogens is 1470 g/mol. The highest BCUT2D eigenvalue weighted by Gasteiger charge is 2.50. The monoisotopic (exact) mass is 1570 g/mol. The van der Waals surface area contributed by atoms with E-state index in [1.165, 1.54) is 45.5 Å². The number of nitrogens with zero attached hydrogens (tertiary/aromatic N) is 6. The van der Waals surface area contributed by atoms with E-state index < -0.39 is 94.3 Å². The third-order valence-electron chi connectivity index (χ3n) is 21.3. The van der Waals surface area contributed by atoms with Crippen molar-refractivity contribution in [2.75, 3.05) is 88.0 Å². The Bertz CT molecular complexity index is 4410. The molecule has 28 heteroatoms. The number of amides is 5. The fraction of sp³-hybridized carbons (Fsp3) is 0.494. The van der Waals surface area contributed by atoms with Crippen molar-refractivity contribution in [2.24, 2.45) is 22.7 Å². The molecule has 4 fully saturated rings. The highest BCUT2D eigenvalue weighted by Crippen LogP contribution is 2.44. The Morgan fingerprint density at radius 3 is 2.09 bits per heavy atom. The summed E-state index contributed by atoms with van der Waals surface area (Å²) in [4.78, 5) is 83.1. The maximum Gasteiger partial charge on any atom is 0.501 e. The highest BCUT2D eigenvalue weighted by atomic mass is 35.5. The van der Waals surface area contributed by atoms with Crippen molar-refractivity contribution in [3.05, 3.63) is 160 Å². The third kappa shape index (κ3) is 20.4. The van der Waals surface area contributed by atoms with E-state index >= 15 is 0 Å². The van der Waals surface area contributed by atoms with Crippen molar-refractivity contribution >= 4 is 101 Å². The molecule has 6 aromatic rings. The van der Waals surface area contributed by atoms with Crippen LogP contribution in [-0.4, -0.2) is 184 Å². The van der Waals surface area contributed by atoms with Gasteiger partial charge in [0.25, 0.3) is 25.8 Å². The number of β-amino-alcohol motifs (C(OH)–C–C–N with tert-alkyl or cyclic N) is 1. The van der Waals surface area contributed by atoms with E-state index in [1.54, 1.807) is 29.0 Å². The van der Waals surface area contributed by atoms with Crippen molar-refractivity contribution in [3.63, 3.8) is 0 Å². The second kappa shape index (κ2) is 34.3. The topological polar surface area (TPSA) is 251 Å². The third-order valence-corrected chi connectivity index (χ3v) is 26.6. The van der Waals surface area contributed by atoms with Gasteiger partial charge < -0.3 is 40.7 Å². The number of nitrogens with one attached hydrogen (secondary N) is 4. The van der Waals surface area contributed by atoms with E-state index in [-0.39, 0.29) is 66.2 Å². The number of alkyl halides is 3. The molecule has 0 saturated carbocycles. The van der Waals surface area contributed by atoms with Crippen molar-refractivity contribution < 1.29 is 59.1 Å². The van der Waals surface area contributed by atoms with Crippen LogP contribution in [0, 0.1) is 29.6 Å². The standard InChI is InChI=1S/C79H98ClF3N10O10S4/c1-51(53-18-20-55(21-19-53)72-52(2)84-50-105-72)85-75(98)68-40-63(94)48-93(68)76(99)73(77(3,4)5)87-70(95)16-12-9-13-17-71(96)92-46-58-44-90(45-59(58)47-92)35-33-61(49-104-64-14-10-8-11-15-64)86-67-31-30-65(41-69(67)106(100,101)79(81,82)83)107(102,103)88-74(97)56-24-28-62(29-25-56)91-38-36-89(37-39-91)43-57-42-78(6,7)34-32-66(57)54-22-26-60(80)27-23-54/h8,10-11,14-15,18-31,41,50-51,58-59,61,63,68,73,86,94H,9,12-13,16-17,32-40,42-49H2,1-7H3,(H,85,98)(H,87,95)(H,88,97)/t51-,58?,59?,61?,63+,68-,73+/m0/s1. The summed E-state index contributed by atoms with van der Waals surface area (Å²) >= 11 is 9.20. The average molecular weight is 1570 g/mol. The normalized spacial score (nSPS) is 20.4. The number of anilines is 2. The lowest BCUT2D eigenvalue weighted by molar-refractivity contribution is -0.144. The summed E-state index contributed by atoms with van der Waals surface area (Å²) in [6.45, 7) is 20.6. The summed E-state index contributed by atoms with van der Waals surface area (Å²) in [5.74, 6) is -1.64. The fourth-order valence-corrected chi connectivity index (χ4v) is 19.2. The van der Waals surface area contributed by atoms with Gasteiger partial charge in [-0.3, -0.25) is 28.9 Å². The quantitative estimate of drug-likeness (QED) is 0.0226. The first-order valence-corrected chi connectivity index (χ1v) is 42.0. The summed E-state index contributed by atoms with van der Waals surface area (Å²) in [6, 6.07) is 31.0. The van der Waals surface area contributed by atoms with Crippen molar-refractivity contribution in [3.8, 4) is 10.4 Å². The van der Waals surface area contributed by atoms with Crippen molar-refractivity contribution in [1.29, 1.82) is 0 Å². The average Bonchev–Trinajstić information content (AvgIpc) is 1.71. The Morgan fingerprint density at radius 2 is 1.45 bits per heavy atom. The largest absolute Gasteiger partial charge is 0.501 e. The molecule has 1 aliphatic carbocycles. The van der Waals surface area contributed by atoms with E-state index in [4.69, 9.17) is 11.6 Å². The second-order valence-electron chi connectivity index (χ2n) is 31.1. The number of aliphatic hydroxyl groups is 1. The van der Waals surface area contributed by atoms with Gasteiger partial charge in [0, 0.05) is 124 Å². The van der Waals surface area contributed by atoms with Crippen LogP contribution in [0.4, 0.5) is 24.5 Å². The molecule has 1 aromatic heterocycles. The number of allylic oxidation sites excluding steroid dienone is 1. The van der Waals surface area contributed by atoms with Gasteiger partial charge in [-0.05, 0) is 164 Å². The Balaban J connectivity index is 0.643. The number of benzene rings is 5. The molecule has 5 aromatic carbocycles. The zero-order valence-corrected chi connectivity index (χ0v) is 65.7. The molecule has 107 heavy (non-hydrogen) atoms. The van der Waals surface area contributed by atoms with E-state index in [9.17, 15) is 59.1 Å². The Labute approximate surface area is 640 Å². The number of rotatable bonds is 28. The molecule has 4 aliphatic heterocycles. The van der Waals surface area contributed by atoms with Gasteiger partial charge >= 0.3 is 5.51 Å². The van der Waals surface area contributed by atoms with Gasteiger partial charge in [0.15, 0.2) is 0 Å². The summed E-state index contributed by atoms with van der Waals surface area (Å²) in [5.41, 5.74) is 2.59. The number of thioether (sulfide) groups is 1. The number of hydrogen-bond donors (Lipinski definition) is 5. The number of halogens is 4. The molecule has 5 heterocycles. The van der Waals surface area contributed by atoms with E-state index in [0.717, 1.165) is 83.3 Å². The molecular formula is C79H98ClF3N10O10S4. The Kier molecular flexibility index (Phi) is 25.8. The number of carbonyl (C=O) groups excluding carboxylic acids is 5. The van der Waals surface area contributed by atoms with Crippen LogP contribution in [0.3, 0.4) is 0 Å². The Morgan fingerprint density at radius 1 is 0.785 bits per heavy atom. The summed E-state index contributed by atoms with van der Waals surface area (Å²) in [5, 5.41) is 20.5. The summed E-state index contributed by atoms with van der Waals surface area (Å²) in [6.07, 6.45) is 4.55. The number of unbranched alkanes of at least 4 members (excludes halogenated alkanes) is 2. The van der Waals surface area contributed by atoms with E-state index in [0.29, 0.717) is 82.6 Å². The van der Waals surface area contributed by atoms with Gasteiger partial charge in [0.05, 0.1) is 38.8 Å². The van der Waals surface area contributed by atoms with Gasteiger partial charge in [-0.1, -0.05) is 113 Å². The first-order valence-electron chi connectivity index (χ1n) is 36.8. The molecule has 11 rings (SSSR count). The predicted octanol–water partition coefficient (Wildman–Crippen LogP) is 12.6. The molecule has 20 nitrogen and oxygen atoms in total. The highest BCUT2D eigenvalue weighted by molar-refractivity contribution is 7.99. The van der Waals surface area contributed by atoms with Crippen LogP contribution in [0.25, 0.3) is 16.0 Å². The van der Waals surface area contributed by atoms with Crippen LogP contribution >= 0.6 is 34.7 Å². The minimum absolute atomic E-state index is 0.00570. The number of aliphatic hydroxyl groups excluding tert-OH is 1. The van der Waals surface area contributed by atoms with Gasteiger partial charge in [-0.15, -0.1) is 23.1 Å². The Hall–Kier alpha value is -7.37. The van der Waals surface area contributed by atoms with E-state index in [2.05, 4.69) is 61.6 Å². The summed E-state index contributed by atoms with van der Waals surface area (Å²) in [7, 11) is -11.1. The SMILES string of the molecule is Cc1ncsc1-c1ccc([C@H](C)NC(=O)[C@@H]2C[C@@H](O)CN2C(=O)[C@@H](NC(=O)CCCCCC(=O)N2CC3CN(CCC(CSc4ccccc4)Nc4ccc(S(=O)(=O)NC(=O)c5ccc(N6CCN(CC7=C(c8ccc(Cl)cc8)CCC(C)(C)C7)CC6)cc5)cc4S(=O)(=O)C(F)(F)F)CC3C2)C(C)(C)C)cc1. The molecule has 5 N–H and O–H groups in total. The lowest BCUT2D eigenvalue weighted by Gasteiger charge is -2.39. The number of aryl methyl sites for hydroxylation is 1.